The Labute approximate surface area is 102 Å². The molecule has 0 aliphatic carbocycles. The summed E-state index contributed by atoms with van der Waals surface area (Å²) in [6, 6.07) is 18.9. The molecule has 0 aliphatic rings. The van der Waals surface area contributed by atoms with Crippen LogP contribution in [0.4, 0.5) is 0 Å². The minimum absolute atomic E-state index is 0.491. The highest BCUT2D eigenvalue weighted by Gasteiger charge is 1.99. The van der Waals surface area contributed by atoms with Crippen molar-refractivity contribution in [2.24, 2.45) is 0 Å². The highest BCUT2D eigenvalue weighted by atomic mass is 14.2. The average molecular weight is 221 g/mol. The van der Waals surface area contributed by atoms with Crippen molar-refractivity contribution in [3.8, 4) is 6.07 Å². The lowest BCUT2D eigenvalue weighted by Crippen LogP contribution is -1.92. The second-order valence-corrected chi connectivity index (χ2v) is 4.25. The first-order valence-electron chi connectivity index (χ1n) is 5.79. The summed E-state index contributed by atoms with van der Waals surface area (Å²) in [5.74, 6) is 0. The molecule has 84 valence electrons. The van der Waals surface area contributed by atoms with Gasteiger partial charge in [0.05, 0.1) is 12.5 Å². The largest absolute Gasteiger partial charge is 0.198 e. The molecular weight excluding hydrogens is 206 g/mol. The van der Waals surface area contributed by atoms with Crippen LogP contribution in [0.5, 0.6) is 0 Å². The first-order chi connectivity index (χ1) is 8.29. The van der Waals surface area contributed by atoms with Crippen molar-refractivity contribution in [3.05, 3.63) is 70.8 Å². The normalized spacial score (nSPS) is 9.88. The summed E-state index contributed by atoms with van der Waals surface area (Å²) in [7, 11) is 0. The van der Waals surface area contributed by atoms with Gasteiger partial charge in [-0.1, -0.05) is 48.5 Å². The third-order valence-corrected chi connectivity index (χ3v) is 2.96. The van der Waals surface area contributed by atoms with E-state index in [0.29, 0.717) is 6.42 Å². The number of nitrogens with zero attached hydrogens (tertiary/aromatic N) is 1. The van der Waals surface area contributed by atoms with Gasteiger partial charge in [0, 0.05) is 0 Å². The minimum atomic E-state index is 0.491. The van der Waals surface area contributed by atoms with Crippen LogP contribution in [0.15, 0.2) is 48.5 Å². The second kappa shape index (κ2) is 5.32. The Kier molecular flexibility index (Phi) is 3.57. The van der Waals surface area contributed by atoms with E-state index in [0.717, 1.165) is 12.0 Å². The van der Waals surface area contributed by atoms with E-state index in [1.165, 1.54) is 16.7 Å². The van der Waals surface area contributed by atoms with Gasteiger partial charge in [0.1, 0.15) is 0 Å². The molecule has 1 nitrogen and oxygen atoms in total. The van der Waals surface area contributed by atoms with Gasteiger partial charge in [0.2, 0.25) is 0 Å². The zero-order valence-corrected chi connectivity index (χ0v) is 9.98. The molecular formula is C16H15N. The van der Waals surface area contributed by atoms with Crippen LogP contribution in [-0.4, -0.2) is 0 Å². The first kappa shape index (κ1) is 11.4. The Bertz CT molecular complexity index is 532. The lowest BCUT2D eigenvalue weighted by atomic mass is 9.99. The van der Waals surface area contributed by atoms with Crippen molar-refractivity contribution in [2.75, 3.05) is 0 Å². The minimum Gasteiger partial charge on any atom is -0.198 e. The standard InChI is InChI=1S/C16H15N/c1-13-4-2-3-5-16(13)12-15-8-6-14(7-9-15)10-11-17/h2-9H,10,12H2,1H3. The Morgan fingerprint density at radius 3 is 2.24 bits per heavy atom. The fraction of sp³-hybridized carbons (Fsp3) is 0.188. The zero-order chi connectivity index (χ0) is 12.1. The van der Waals surface area contributed by atoms with E-state index in [1.807, 2.05) is 12.1 Å². The number of hydrogen-bond acceptors (Lipinski definition) is 1. The Morgan fingerprint density at radius 1 is 0.941 bits per heavy atom. The smallest absolute Gasteiger partial charge is 0.0669 e. The van der Waals surface area contributed by atoms with E-state index in [2.05, 4.69) is 49.4 Å². The van der Waals surface area contributed by atoms with Gasteiger partial charge in [-0.15, -0.1) is 0 Å². The van der Waals surface area contributed by atoms with Gasteiger partial charge in [-0.2, -0.15) is 5.26 Å². The molecule has 0 atom stereocenters. The molecule has 0 amide bonds. The van der Waals surface area contributed by atoms with Crippen LogP contribution in [0.1, 0.15) is 22.3 Å². The average Bonchev–Trinajstić information content (AvgIpc) is 2.35. The van der Waals surface area contributed by atoms with Gasteiger partial charge in [0.15, 0.2) is 0 Å². The molecule has 2 aromatic carbocycles. The molecule has 0 aromatic heterocycles. The fourth-order valence-electron chi connectivity index (χ4n) is 1.89. The number of aryl methyl sites for hydroxylation is 1. The molecule has 2 aromatic rings. The molecule has 0 spiro atoms. The van der Waals surface area contributed by atoms with Gasteiger partial charge in [-0.05, 0) is 35.6 Å². The van der Waals surface area contributed by atoms with E-state index >= 15 is 0 Å². The molecule has 2 rings (SSSR count). The second-order valence-electron chi connectivity index (χ2n) is 4.25. The van der Waals surface area contributed by atoms with Crippen molar-refractivity contribution in [1.29, 1.82) is 5.26 Å². The molecule has 17 heavy (non-hydrogen) atoms. The highest BCUT2D eigenvalue weighted by Crippen LogP contribution is 2.14. The lowest BCUT2D eigenvalue weighted by Gasteiger charge is -2.06. The zero-order valence-electron chi connectivity index (χ0n) is 9.98. The quantitative estimate of drug-likeness (QED) is 0.776. The molecule has 0 bridgehead atoms. The maximum absolute atomic E-state index is 8.61. The van der Waals surface area contributed by atoms with Gasteiger partial charge in [-0.25, -0.2) is 0 Å². The SMILES string of the molecule is Cc1ccccc1Cc1ccc(CC#N)cc1. The monoisotopic (exact) mass is 221 g/mol. The maximum atomic E-state index is 8.61. The van der Waals surface area contributed by atoms with Gasteiger partial charge in [0.25, 0.3) is 0 Å². The summed E-state index contributed by atoms with van der Waals surface area (Å²) in [5, 5.41) is 8.61. The summed E-state index contributed by atoms with van der Waals surface area (Å²) in [6.45, 7) is 2.14. The molecule has 0 heterocycles. The molecule has 0 unspecified atom stereocenters. The van der Waals surface area contributed by atoms with Crippen LogP contribution in [0.3, 0.4) is 0 Å². The van der Waals surface area contributed by atoms with Crippen molar-refractivity contribution in [1.82, 2.24) is 0 Å². The topological polar surface area (TPSA) is 23.8 Å². The van der Waals surface area contributed by atoms with Gasteiger partial charge in [-0.3, -0.25) is 0 Å². The molecule has 0 saturated carbocycles. The summed E-state index contributed by atoms with van der Waals surface area (Å²) >= 11 is 0. The Morgan fingerprint density at radius 2 is 1.59 bits per heavy atom. The van der Waals surface area contributed by atoms with Gasteiger partial charge >= 0.3 is 0 Å². The van der Waals surface area contributed by atoms with Crippen molar-refractivity contribution >= 4 is 0 Å². The number of nitriles is 1. The Hall–Kier alpha value is -2.07. The molecule has 0 radical (unpaired) electrons. The number of rotatable bonds is 3. The van der Waals surface area contributed by atoms with E-state index in [1.54, 1.807) is 0 Å². The fourth-order valence-corrected chi connectivity index (χ4v) is 1.89. The molecule has 0 N–H and O–H groups in total. The van der Waals surface area contributed by atoms with Crippen LogP contribution in [0.2, 0.25) is 0 Å². The van der Waals surface area contributed by atoms with E-state index in [4.69, 9.17) is 5.26 Å². The van der Waals surface area contributed by atoms with Crippen molar-refractivity contribution in [3.63, 3.8) is 0 Å². The highest BCUT2D eigenvalue weighted by molar-refractivity contribution is 5.33. The van der Waals surface area contributed by atoms with E-state index in [-0.39, 0.29) is 0 Å². The Balaban J connectivity index is 2.15. The third-order valence-electron chi connectivity index (χ3n) is 2.96. The van der Waals surface area contributed by atoms with Crippen LogP contribution >= 0.6 is 0 Å². The molecule has 1 heteroatoms. The van der Waals surface area contributed by atoms with Crippen LogP contribution in [-0.2, 0) is 12.8 Å². The predicted octanol–water partition coefficient (Wildman–Crippen LogP) is 3.65. The summed E-state index contributed by atoms with van der Waals surface area (Å²) in [4.78, 5) is 0. The van der Waals surface area contributed by atoms with Crippen molar-refractivity contribution < 1.29 is 0 Å². The molecule has 0 fully saturated rings. The van der Waals surface area contributed by atoms with Crippen LogP contribution < -0.4 is 0 Å². The first-order valence-corrected chi connectivity index (χ1v) is 5.79. The third kappa shape index (κ3) is 2.95. The summed E-state index contributed by atoms with van der Waals surface area (Å²) in [5.41, 5.74) is 5.07. The van der Waals surface area contributed by atoms with E-state index < -0.39 is 0 Å². The summed E-state index contributed by atoms with van der Waals surface area (Å²) in [6.07, 6.45) is 1.45. The lowest BCUT2D eigenvalue weighted by molar-refractivity contribution is 1.14. The number of hydrogen-bond donors (Lipinski definition) is 0. The maximum Gasteiger partial charge on any atom is 0.0669 e. The van der Waals surface area contributed by atoms with Crippen LogP contribution in [0.25, 0.3) is 0 Å². The van der Waals surface area contributed by atoms with Gasteiger partial charge < -0.3 is 0 Å². The van der Waals surface area contributed by atoms with Crippen molar-refractivity contribution in [2.45, 2.75) is 19.8 Å². The van der Waals surface area contributed by atoms with E-state index in [9.17, 15) is 0 Å². The van der Waals surface area contributed by atoms with Crippen LogP contribution in [0, 0.1) is 18.3 Å². The summed E-state index contributed by atoms with van der Waals surface area (Å²) < 4.78 is 0. The predicted molar refractivity (Wildman–Crippen MR) is 69.7 cm³/mol. The molecule has 0 aliphatic heterocycles. The molecule has 0 saturated heterocycles. The number of benzene rings is 2.